The van der Waals surface area contributed by atoms with Gasteiger partial charge in [0, 0.05) is 37.6 Å². The largest absolute Gasteiger partial charge is 0.379 e. The molecule has 2 bridgehead atoms. The maximum Gasteiger partial charge on any atom is 0.223 e. The number of aromatic nitrogens is 3. The van der Waals surface area contributed by atoms with Crippen LogP contribution in [0.15, 0.2) is 48.7 Å². The quantitative estimate of drug-likeness (QED) is 0.584. The van der Waals surface area contributed by atoms with Gasteiger partial charge < -0.3 is 20.9 Å². The highest BCUT2D eigenvalue weighted by molar-refractivity contribution is 5.88. The molecule has 0 aliphatic heterocycles. The Morgan fingerprint density at radius 2 is 1.93 bits per heavy atom. The molecule has 7 nitrogen and oxygen atoms in total. The number of allylic oxidation sites excluding steroid dienone is 1. The van der Waals surface area contributed by atoms with Crippen molar-refractivity contribution in [1.29, 1.82) is 0 Å². The second-order valence-electron chi connectivity index (χ2n) is 8.13. The predicted molar refractivity (Wildman–Crippen MR) is 114 cm³/mol. The number of imidazole rings is 1. The topological polar surface area (TPSA) is 99.9 Å². The zero-order chi connectivity index (χ0) is 20.1. The summed E-state index contributed by atoms with van der Waals surface area (Å²) in [7, 11) is 4.03. The van der Waals surface area contributed by atoms with Crippen LogP contribution in [0.1, 0.15) is 6.42 Å². The van der Waals surface area contributed by atoms with Gasteiger partial charge in [-0.25, -0.2) is 9.97 Å². The van der Waals surface area contributed by atoms with Crippen molar-refractivity contribution in [2.45, 2.75) is 12.5 Å². The maximum atomic E-state index is 12.0. The number of nitrogens with two attached hydrogens (primary N) is 1. The van der Waals surface area contributed by atoms with Crippen LogP contribution in [-0.2, 0) is 4.79 Å². The average molecular weight is 388 g/mol. The molecular weight excluding hydrogens is 364 g/mol. The molecule has 4 atom stereocenters. The van der Waals surface area contributed by atoms with Crippen molar-refractivity contribution in [3.8, 4) is 11.4 Å². The summed E-state index contributed by atoms with van der Waals surface area (Å²) >= 11 is 0. The highest BCUT2D eigenvalue weighted by Gasteiger charge is 2.47. The SMILES string of the molecule is CN(C)c1ccc(-c2nc3nccc(N[C@H]4[C@@H](C(N)=O)[C@@H]5C=C[C@@H]4C5)c3[nH]2)cc1. The highest BCUT2D eigenvalue weighted by Crippen LogP contribution is 2.45. The van der Waals surface area contributed by atoms with Crippen molar-refractivity contribution in [3.63, 3.8) is 0 Å². The number of hydrogen-bond donors (Lipinski definition) is 3. The fraction of sp³-hybridized carbons (Fsp3) is 0.318. The zero-order valence-corrected chi connectivity index (χ0v) is 16.5. The first-order valence-electron chi connectivity index (χ1n) is 9.88. The Hall–Kier alpha value is -3.35. The number of anilines is 2. The van der Waals surface area contributed by atoms with Gasteiger partial charge in [-0.2, -0.15) is 0 Å². The molecule has 148 valence electrons. The van der Waals surface area contributed by atoms with E-state index in [1.807, 2.05) is 32.3 Å². The lowest BCUT2D eigenvalue weighted by Gasteiger charge is -2.27. The minimum atomic E-state index is -0.240. The summed E-state index contributed by atoms with van der Waals surface area (Å²) in [6, 6.07) is 10.1. The summed E-state index contributed by atoms with van der Waals surface area (Å²) in [6.45, 7) is 0. The maximum absolute atomic E-state index is 12.0. The van der Waals surface area contributed by atoms with Crippen LogP contribution in [0.4, 0.5) is 11.4 Å². The van der Waals surface area contributed by atoms with Crippen LogP contribution in [-0.4, -0.2) is 41.0 Å². The fourth-order valence-corrected chi connectivity index (χ4v) is 4.67. The van der Waals surface area contributed by atoms with Crippen LogP contribution in [0.2, 0.25) is 0 Å². The third kappa shape index (κ3) is 2.93. The van der Waals surface area contributed by atoms with Crippen molar-refractivity contribution in [1.82, 2.24) is 15.0 Å². The Bertz CT molecular complexity index is 1100. The Balaban J connectivity index is 1.48. The van der Waals surface area contributed by atoms with Crippen molar-refractivity contribution < 1.29 is 4.79 Å². The number of nitrogens with zero attached hydrogens (tertiary/aromatic N) is 3. The number of carbonyl (C=O) groups is 1. The summed E-state index contributed by atoms with van der Waals surface area (Å²) < 4.78 is 0. The van der Waals surface area contributed by atoms with E-state index < -0.39 is 0 Å². The molecule has 5 rings (SSSR count). The van der Waals surface area contributed by atoms with Gasteiger partial charge in [-0.3, -0.25) is 4.79 Å². The first-order valence-corrected chi connectivity index (χ1v) is 9.88. The van der Waals surface area contributed by atoms with Crippen LogP contribution in [0, 0.1) is 17.8 Å². The van der Waals surface area contributed by atoms with E-state index in [-0.39, 0.29) is 23.8 Å². The molecule has 29 heavy (non-hydrogen) atoms. The van der Waals surface area contributed by atoms with Crippen LogP contribution >= 0.6 is 0 Å². The van der Waals surface area contributed by atoms with E-state index in [9.17, 15) is 4.79 Å². The van der Waals surface area contributed by atoms with Crippen molar-refractivity contribution in [2.75, 3.05) is 24.3 Å². The van der Waals surface area contributed by atoms with Gasteiger partial charge in [-0.05, 0) is 48.6 Å². The molecule has 0 spiro atoms. The molecular formula is C22H24N6O. The Kier molecular flexibility index (Phi) is 4.04. The lowest BCUT2D eigenvalue weighted by molar-refractivity contribution is -0.122. The van der Waals surface area contributed by atoms with Gasteiger partial charge in [-0.1, -0.05) is 12.2 Å². The number of pyridine rings is 1. The fourth-order valence-electron chi connectivity index (χ4n) is 4.67. The summed E-state index contributed by atoms with van der Waals surface area (Å²) in [5.74, 6) is 0.901. The number of hydrogen-bond acceptors (Lipinski definition) is 5. The zero-order valence-electron chi connectivity index (χ0n) is 16.5. The molecule has 3 aromatic rings. The third-order valence-electron chi connectivity index (χ3n) is 6.16. The second kappa shape index (κ2) is 6.62. The molecule has 2 heterocycles. The van der Waals surface area contributed by atoms with Crippen LogP contribution < -0.4 is 16.0 Å². The van der Waals surface area contributed by atoms with Crippen molar-refractivity contribution in [3.05, 3.63) is 48.7 Å². The van der Waals surface area contributed by atoms with E-state index in [4.69, 9.17) is 5.73 Å². The Labute approximate surface area is 169 Å². The molecule has 1 saturated carbocycles. The van der Waals surface area contributed by atoms with Crippen LogP contribution in [0.3, 0.4) is 0 Å². The number of fused-ring (bicyclic) bond motifs is 3. The van der Waals surface area contributed by atoms with Crippen molar-refractivity contribution >= 4 is 28.4 Å². The van der Waals surface area contributed by atoms with E-state index in [2.05, 4.69) is 49.5 Å². The normalized spacial score (nSPS) is 24.9. The first kappa shape index (κ1) is 17.7. The van der Waals surface area contributed by atoms with E-state index in [0.717, 1.165) is 34.7 Å². The van der Waals surface area contributed by atoms with E-state index in [0.29, 0.717) is 11.6 Å². The monoisotopic (exact) mass is 388 g/mol. The number of nitrogens with one attached hydrogen (secondary N) is 2. The van der Waals surface area contributed by atoms with Crippen molar-refractivity contribution in [2.24, 2.45) is 23.5 Å². The molecule has 0 unspecified atom stereocenters. The molecule has 1 aromatic carbocycles. The molecule has 2 aliphatic rings. The minimum Gasteiger partial charge on any atom is -0.379 e. The van der Waals surface area contributed by atoms with Gasteiger partial charge in [0.2, 0.25) is 5.91 Å². The Morgan fingerprint density at radius 1 is 1.17 bits per heavy atom. The highest BCUT2D eigenvalue weighted by atomic mass is 16.1. The van der Waals surface area contributed by atoms with E-state index >= 15 is 0 Å². The second-order valence-corrected chi connectivity index (χ2v) is 8.13. The average Bonchev–Trinajstić information content (AvgIpc) is 3.42. The molecule has 1 fully saturated rings. The van der Waals surface area contributed by atoms with Gasteiger partial charge >= 0.3 is 0 Å². The summed E-state index contributed by atoms with van der Waals surface area (Å²) in [6.07, 6.45) is 7.05. The van der Waals surface area contributed by atoms with Gasteiger partial charge in [0.05, 0.1) is 11.6 Å². The van der Waals surface area contributed by atoms with Gasteiger partial charge in [0.1, 0.15) is 11.3 Å². The molecule has 4 N–H and O–H groups in total. The molecule has 2 aromatic heterocycles. The predicted octanol–water partition coefficient (Wildman–Crippen LogP) is 2.78. The number of carbonyl (C=O) groups excluding carboxylic acids is 1. The number of primary amides is 1. The molecule has 0 radical (unpaired) electrons. The molecule has 0 saturated heterocycles. The summed E-state index contributed by atoms with van der Waals surface area (Å²) in [4.78, 5) is 26.6. The number of H-pyrrole nitrogens is 1. The van der Waals surface area contributed by atoms with Gasteiger partial charge in [0.15, 0.2) is 5.65 Å². The first-order chi connectivity index (χ1) is 14.0. The number of aromatic amines is 1. The Morgan fingerprint density at radius 3 is 2.66 bits per heavy atom. The summed E-state index contributed by atoms with van der Waals surface area (Å²) in [5.41, 5.74) is 10.2. The summed E-state index contributed by atoms with van der Waals surface area (Å²) in [5, 5.41) is 3.57. The van der Waals surface area contributed by atoms with Gasteiger partial charge in [0.25, 0.3) is 0 Å². The van der Waals surface area contributed by atoms with Crippen LogP contribution in [0.5, 0.6) is 0 Å². The lowest BCUT2D eigenvalue weighted by Crippen LogP contribution is -2.41. The number of amides is 1. The molecule has 7 heteroatoms. The van der Waals surface area contributed by atoms with E-state index in [1.54, 1.807) is 6.20 Å². The standard InChI is InChI=1S/C22H24N6O/c1-28(2)15-7-5-12(6-8-15)21-26-19-16(9-10-24-22(19)27-21)25-18-14-4-3-13(11-14)17(18)20(23)29/h3-10,13-14,17-18H,11H2,1-2H3,(H2,23,29)(H2,24,25,26,27)/t13-,14-,17+,18-/m1/s1. The lowest BCUT2D eigenvalue weighted by atomic mass is 9.88. The third-order valence-corrected chi connectivity index (χ3v) is 6.16. The smallest absolute Gasteiger partial charge is 0.223 e. The van der Waals surface area contributed by atoms with Gasteiger partial charge in [-0.15, -0.1) is 0 Å². The number of rotatable bonds is 5. The van der Waals surface area contributed by atoms with Crippen LogP contribution in [0.25, 0.3) is 22.6 Å². The molecule has 1 amide bonds. The van der Waals surface area contributed by atoms with E-state index in [1.165, 1.54) is 0 Å². The minimum absolute atomic E-state index is 0.000718. The molecule has 2 aliphatic carbocycles. The number of benzene rings is 1.